The summed E-state index contributed by atoms with van der Waals surface area (Å²) in [5.41, 5.74) is 3.68. The molecule has 3 amide bonds. The van der Waals surface area contributed by atoms with Gasteiger partial charge in [-0.25, -0.2) is 4.68 Å². The molecule has 0 aliphatic carbocycles. The Labute approximate surface area is 368 Å². The van der Waals surface area contributed by atoms with Crippen LogP contribution in [0.25, 0.3) is 0 Å². The van der Waals surface area contributed by atoms with E-state index in [1.165, 1.54) is 0 Å². The van der Waals surface area contributed by atoms with Crippen LogP contribution in [0.2, 0.25) is 0 Å². The number of ether oxygens (including phenoxy) is 9. The van der Waals surface area contributed by atoms with Crippen LogP contribution in [0.3, 0.4) is 0 Å². The molecule has 1 aromatic heterocycles. The van der Waals surface area contributed by atoms with Crippen molar-refractivity contribution in [1.82, 2.24) is 30.5 Å². The van der Waals surface area contributed by atoms with Crippen molar-refractivity contribution >= 4 is 23.4 Å². The van der Waals surface area contributed by atoms with Crippen LogP contribution in [-0.4, -0.2) is 177 Å². The molecule has 1 aromatic carbocycles. The quantitative estimate of drug-likeness (QED) is 0.0822. The van der Waals surface area contributed by atoms with Gasteiger partial charge in [0.05, 0.1) is 124 Å². The van der Waals surface area contributed by atoms with Crippen LogP contribution in [-0.2, 0) is 83.1 Å². The molecule has 62 heavy (non-hydrogen) atoms. The molecule has 0 fully saturated rings. The lowest BCUT2D eigenvalue weighted by Gasteiger charge is -2.22. The Morgan fingerprint density at radius 2 is 1.24 bits per heavy atom. The summed E-state index contributed by atoms with van der Waals surface area (Å²) < 4.78 is 50.6. The Morgan fingerprint density at radius 3 is 1.77 bits per heavy atom. The maximum Gasteiger partial charge on any atom is 0.243 e. The second kappa shape index (κ2) is 35.8. The first-order chi connectivity index (χ1) is 30.2. The van der Waals surface area contributed by atoms with E-state index >= 15 is 0 Å². The van der Waals surface area contributed by atoms with Crippen LogP contribution in [0.5, 0.6) is 0 Å². The average Bonchev–Trinajstić information content (AvgIpc) is 3.70. The van der Waals surface area contributed by atoms with Gasteiger partial charge in [-0.05, 0) is 49.1 Å². The molecule has 354 valence electrons. The van der Waals surface area contributed by atoms with Crippen LogP contribution < -0.4 is 16.0 Å². The Bertz CT molecular complexity index is 1470. The second-order valence-corrected chi connectivity index (χ2v) is 14.7. The molecular formula is C43H75N7O12. The third-order valence-corrected chi connectivity index (χ3v) is 8.97. The smallest absolute Gasteiger partial charge is 0.243 e. The van der Waals surface area contributed by atoms with Gasteiger partial charge in [-0.1, -0.05) is 39.0 Å². The molecule has 0 aliphatic heterocycles. The van der Waals surface area contributed by atoms with Crippen molar-refractivity contribution < 1.29 is 57.0 Å². The summed E-state index contributed by atoms with van der Waals surface area (Å²) in [6.45, 7) is 17.7. The number of carbonyl (C=O) groups is 3. The molecule has 0 bridgehead atoms. The first-order valence-electron chi connectivity index (χ1n) is 21.8. The van der Waals surface area contributed by atoms with Gasteiger partial charge in [-0.2, -0.15) is 0 Å². The van der Waals surface area contributed by atoms with Gasteiger partial charge in [0, 0.05) is 45.1 Å². The van der Waals surface area contributed by atoms with Crippen LogP contribution in [0.1, 0.15) is 57.4 Å². The van der Waals surface area contributed by atoms with Gasteiger partial charge in [0.25, 0.3) is 0 Å². The van der Waals surface area contributed by atoms with Crippen molar-refractivity contribution in [1.29, 1.82) is 0 Å². The second-order valence-electron chi connectivity index (χ2n) is 14.7. The fraction of sp³-hybridized carbons (Fsp3) is 0.744. The van der Waals surface area contributed by atoms with Crippen molar-refractivity contribution in [2.45, 2.75) is 72.6 Å². The van der Waals surface area contributed by atoms with Crippen molar-refractivity contribution in [3.05, 3.63) is 41.2 Å². The zero-order valence-corrected chi connectivity index (χ0v) is 38.1. The van der Waals surface area contributed by atoms with E-state index in [9.17, 15) is 14.4 Å². The standard InChI is InChI=1S/C43H75N7O12/c1-7-13-55-14-11-40(51)46-42(35(3)4)43(53)44-31-41(52)45-38-10-9-36(8-2)37(30-38)32-49(5)33-39-34-50(48-47-39)12-15-56-18-19-58-22-23-60-26-27-62-29-28-61-25-24-59-21-20-57-17-16-54-6/h9-10,30,34-35,42H,7-8,11-29,31-33H2,1-6H3,(H,44,53)(H,45,52)(H,46,51). The van der Waals surface area contributed by atoms with Gasteiger partial charge in [-0.3, -0.25) is 19.3 Å². The Morgan fingerprint density at radius 1 is 0.694 bits per heavy atom. The molecule has 0 saturated carbocycles. The normalized spacial score (nSPS) is 12.0. The third kappa shape index (κ3) is 26.8. The van der Waals surface area contributed by atoms with E-state index in [1.54, 1.807) is 11.8 Å². The lowest BCUT2D eigenvalue weighted by molar-refractivity contribution is -0.131. The number of nitrogens with one attached hydrogen (secondary N) is 3. The number of aryl methyl sites for hydroxylation is 1. The molecule has 0 spiro atoms. The number of anilines is 1. The number of benzene rings is 1. The van der Waals surface area contributed by atoms with Gasteiger partial charge < -0.3 is 58.6 Å². The van der Waals surface area contributed by atoms with E-state index in [-0.39, 0.29) is 30.7 Å². The molecule has 1 atom stereocenters. The zero-order chi connectivity index (χ0) is 45.0. The topological polar surface area (TPSA) is 204 Å². The highest BCUT2D eigenvalue weighted by atomic mass is 16.6. The molecule has 1 heterocycles. The first kappa shape index (κ1) is 54.5. The van der Waals surface area contributed by atoms with Gasteiger partial charge in [-0.15, -0.1) is 5.10 Å². The summed E-state index contributed by atoms with van der Waals surface area (Å²) in [4.78, 5) is 40.2. The summed E-state index contributed by atoms with van der Waals surface area (Å²) in [7, 11) is 3.65. The van der Waals surface area contributed by atoms with Gasteiger partial charge >= 0.3 is 0 Å². The summed E-state index contributed by atoms with van der Waals surface area (Å²) in [5.74, 6) is -1.22. The summed E-state index contributed by atoms with van der Waals surface area (Å²) in [6.07, 6.45) is 3.77. The van der Waals surface area contributed by atoms with Gasteiger partial charge in [0.15, 0.2) is 0 Å². The predicted octanol–water partition coefficient (Wildman–Crippen LogP) is 2.25. The van der Waals surface area contributed by atoms with Gasteiger partial charge in [0.2, 0.25) is 17.7 Å². The van der Waals surface area contributed by atoms with Gasteiger partial charge in [0.1, 0.15) is 6.04 Å². The Hall–Kier alpha value is -3.63. The molecule has 0 aliphatic rings. The molecule has 2 aromatic rings. The summed E-state index contributed by atoms with van der Waals surface area (Å²) in [5, 5.41) is 16.9. The molecule has 3 N–H and O–H groups in total. The molecule has 0 radical (unpaired) electrons. The van der Waals surface area contributed by atoms with E-state index < -0.39 is 11.9 Å². The maximum absolute atomic E-state index is 12.9. The monoisotopic (exact) mass is 882 g/mol. The molecule has 0 saturated heterocycles. The van der Waals surface area contributed by atoms with Crippen molar-refractivity contribution in [3.63, 3.8) is 0 Å². The van der Waals surface area contributed by atoms with Crippen molar-refractivity contribution in [2.24, 2.45) is 5.92 Å². The number of rotatable bonds is 40. The van der Waals surface area contributed by atoms with Crippen LogP contribution in [0.4, 0.5) is 5.69 Å². The molecule has 19 nitrogen and oxygen atoms in total. The van der Waals surface area contributed by atoms with Crippen LogP contribution >= 0.6 is 0 Å². The lowest BCUT2D eigenvalue weighted by Crippen LogP contribution is -2.51. The minimum absolute atomic E-state index is 0.163. The summed E-state index contributed by atoms with van der Waals surface area (Å²) in [6, 6.07) is 5.05. The largest absolute Gasteiger partial charge is 0.382 e. The third-order valence-electron chi connectivity index (χ3n) is 8.97. The highest BCUT2D eigenvalue weighted by Crippen LogP contribution is 2.19. The fourth-order valence-corrected chi connectivity index (χ4v) is 5.74. The van der Waals surface area contributed by atoms with Crippen molar-refractivity contribution in [2.75, 3.05) is 138 Å². The fourth-order valence-electron chi connectivity index (χ4n) is 5.74. The SMILES string of the molecule is CCCOCCC(=O)NC(C(=O)NCC(=O)Nc1ccc(CC)c(CN(C)Cc2cn(CCOCCOCCOCCOCCOCCOCCOCCOC)nn2)c1)C(C)C. The highest BCUT2D eigenvalue weighted by Gasteiger charge is 2.24. The number of hydrogen-bond acceptors (Lipinski definition) is 15. The van der Waals surface area contributed by atoms with Crippen LogP contribution in [0.15, 0.2) is 24.4 Å². The predicted molar refractivity (Wildman–Crippen MR) is 233 cm³/mol. The lowest BCUT2D eigenvalue weighted by atomic mass is 10.0. The van der Waals surface area contributed by atoms with E-state index in [2.05, 4.69) is 38.1 Å². The van der Waals surface area contributed by atoms with E-state index in [0.29, 0.717) is 138 Å². The molecule has 19 heteroatoms. The zero-order valence-electron chi connectivity index (χ0n) is 38.1. The Kier molecular flexibility index (Phi) is 31.5. The summed E-state index contributed by atoms with van der Waals surface area (Å²) >= 11 is 0. The average molecular weight is 882 g/mol. The highest BCUT2D eigenvalue weighted by molar-refractivity contribution is 5.96. The molecule has 2 rings (SSSR count). The van der Waals surface area contributed by atoms with E-state index in [0.717, 1.165) is 29.7 Å². The number of amides is 3. The molecule has 1 unspecified atom stereocenters. The number of aromatic nitrogens is 3. The number of carbonyl (C=O) groups excluding carboxylic acids is 3. The first-order valence-corrected chi connectivity index (χ1v) is 21.8. The number of methoxy groups -OCH3 is 1. The molecular weight excluding hydrogens is 807 g/mol. The van der Waals surface area contributed by atoms with E-state index in [4.69, 9.17) is 42.6 Å². The van der Waals surface area contributed by atoms with E-state index in [1.807, 2.05) is 52.2 Å². The minimum atomic E-state index is -0.763. The maximum atomic E-state index is 12.9. The number of hydrogen-bond donors (Lipinski definition) is 3. The van der Waals surface area contributed by atoms with Crippen molar-refractivity contribution in [3.8, 4) is 0 Å². The number of nitrogens with zero attached hydrogens (tertiary/aromatic N) is 4. The van der Waals surface area contributed by atoms with Crippen LogP contribution in [0, 0.1) is 5.92 Å². The minimum Gasteiger partial charge on any atom is -0.382 e. The Balaban J connectivity index is 1.56.